The topological polar surface area (TPSA) is 34.1 Å². The van der Waals surface area contributed by atoms with Crippen molar-refractivity contribution in [3.63, 3.8) is 0 Å². The third kappa shape index (κ3) is 3.45. The molecule has 0 amide bonds. The third-order valence-corrected chi connectivity index (χ3v) is 4.22. The van der Waals surface area contributed by atoms with E-state index in [0.29, 0.717) is 6.61 Å². The largest absolute Gasteiger partial charge is 0.383 e. The molecule has 1 heterocycles. The van der Waals surface area contributed by atoms with Crippen LogP contribution in [-0.4, -0.2) is 25.2 Å². The van der Waals surface area contributed by atoms with Gasteiger partial charge in [0, 0.05) is 25.2 Å². The zero-order valence-corrected chi connectivity index (χ0v) is 13.4. The molecule has 0 aliphatic heterocycles. The summed E-state index contributed by atoms with van der Waals surface area (Å²) in [5.74, 6) is 0. The molecule has 1 atom stereocenters. The smallest absolute Gasteiger partial charge is 0.114 e. The van der Waals surface area contributed by atoms with Crippen LogP contribution >= 0.6 is 11.3 Å². The van der Waals surface area contributed by atoms with Crippen LogP contribution < -0.4 is 5.32 Å². The second-order valence-electron chi connectivity index (χ2n) is 5.06. The number of nitrogens with one attached hydrogen (secondary N) is 1. The number of hydrogen-bond donors (Lipinski definition) is 1. The van der Waals surface area contributed by atoms with Crippen molar-refractivity contribution in [3.05, 3.63) is 51.0 Å². The minimum atomic E-state index is 0.144. The standard InChI is InChI=1S/C16H22N2OS/c1-11-9-12(2)14(13(3)10-11)15(17-5-7-19-4)16-18-6-8-20-16/h6,8-10,15,17H,5,7H2,1-4H3. The highest BCUT2D eigenvalue weighted by Crippen LogP contribution is 2.29. The van der Waals surface area contributed by atoms with Crippen molar-refractivity contribution in [2.45, 2.75) is 26.8 Å². The van der Waals surface area contributed by atoms with Gasteiger partial charge in [-0.15, -0.1) is 11.3 Å². The molecule has 0 radical (unpaired) electrons. The lowest BCUT2D eigenvalue weighted by molar-refractivity contribution is 0.197. The number of ether oxygens (including phenoxy) is 1. The van der Waals surface area contributed by atoms with Crippen molar-refractivity contribution >= 4 is 11.3 Å². The molecule has 0 aliphatic carbocycles. The maximum Gasteiger partial charge on any atom is 0.114 e. The van der Waals surface area contributed by atoms with Gasteiger partial charge in [-0.1, -0.05) is 17.7 Å². The zero-order valence-electron chi connectivity index (χ0n) is 12.6. The Kier molecular flexibility index (Phi) is 5.29. The molecule has 1 unspecified atom stereocenters. The SMILES string of the molecule is COCCNC(c1nccs1)c1c(C)cc(C)cc1C. The van der Waals surface area contributed by atoms with Gasteiger partial charge in [0.25, 0.3) is 0 Å². The number of methoxy groups -OCH3 is 1. The molecule has 108 valence electrons. The minimum Gasteiger partial charge on any atom is -0.383 e. The highest BCUT2D eigenvalue weighted by Gasteiger charge is 2.20. The number of nitrogens with zero attached hydrogens (tertiary/aromatic N) is 1. The predicted octanol–water partition coefficient (Wildman–Crippen LogP) is 3.39. The molecule has 3 nitrogen and oxygen atoms in total. The molecule has 0 bridgehead atoms. The monoisotopic (exact) mass is 290 g/mol. The summed E-state index contributed by atoms with van der Waals surface area (Å²) in [6.07, 6.45) is 1.86. The number of aromatic nitrogens is 1. The fourth-order valence-electron chi connectivity index (χ4n) is 2.64. The van der Waals surface area contributed by atoms with Gasteiger partial charge < -0.3 is 10.1 Å². The minimum absolute atomic E-state index is 0.144. The van der Waals surface area contributed by atoms with E-state index in [-0.39, 0.29) is 6.04 Å². The first kappa shape index (κ1) is 15.2. The third-order valence-electron chi connectivity index (χ3n) is 3.38. The summed E-state index contributed by atoms with van der Waals surface area (Å²) >= 11 is 1.69. The van der Waals surface area contributed by atoms with Crippen LogP contribution in [0.15, 0.2) is 23.7 Å². The van der Waals surface area contributed by atoms with E-state index in [4.69, 9.17) is 4.74 Å². The second-order valence-corrected chi connectivity index (χ2v) is 5.99. The number of thiazole rings is 1. The molecule has 2 aromatic rings. The number of aryl methyl sites for hydroxylation is 3. The Balaban J connectivity index is 2.36. The number of rotatable bonds is 6. The lowest BCUT2D eigenvalue weighted by Gasteiger charge is -2.22. The summed E-state index contributed by atoms with van der Waals surface area (Å²) in [6.45, 7) is 8.00. The van der Waals surface area contributed by atoms with E-state index in [2.05, 4.69) is 43.2 Å². The van der Waals surface area contributed by atoms with E-state index in [9.17, 15) is 0 Å². The first-order valence-electron chi connectivity index (χ1n) is 6.83. The molecule has 20 heavy (non-hydrogen) atoms. The van der Waals surface area contributed by atoms with Crippen LogP contribution in [-0.2, 0) is 4.74 Å². The zero-order chi connectivity index (χ0) is 14.5. The summed E-state index contributed by atoms with van der Waals surface area (Å²) in [6, 6.07) is 4.62. The summed E-state index contributed by atoms with van der Waals surface area (Å²) in [7, 11) is 1.72. The van der Waals surface area contributed by atoms with Crippen molar-refractivity contribution in [1.29, 1.82) is 0 Å². The summed E-state index contributed by atoms with van der Waals surface area (Å²) in [5, 5.41) is 6.70. The number of benzene rings is 1. The average molecular weight is 290 g/mol. The van der Waals surface area contributed by atoms with Gasteiger partial charge >= 0.3 is 0 Å². The highest BCUT2D eigenvalue weighted by molar-refractivity contribution is 7.09. The Morgan fingerprint density at radius 2 is 1.95 bits per heavy atom. The fraction of sp³-hybridized carbons (Fsp3) is 0.438. The molecule has 1 aromatic carbocycles. The fourth-order valence-corrected chi connectivity index (χ4v) is 3.36. The molecule has 1 aromatic heterocycles. The Labute approximate surface area is 125 Å². The van der Waals surface area contributed by atoms with E-state index < -0.39 is 0 Å². The normalized spacial score (nSPS) is 12.6. The van der Waals surface area contributed by atoms with E-state index in [1.165, 1.54) is 22.3 Å². The van der Waals surface area contributed by atoms with Crippen LogP contribution in [0.2, 0.25) is 0 Å². The highest BCUT2D eigenvalue weighted by atomic mass is 32.1. The summed E-state index contributed by atoms with van der Waals surface area (Å²) in [4.78, 5) is 4.49. The molecule has 0 saturated heterocycles. The van der Waals surface area contributed by atoms with Crippen molar-refractivity contribution < 1.29 is 4.74 Å². The second kappa shape index (κ2) is 6.97. The van der Waals surface area contributed by atoms with Gasteiger partial charge in [-0.2, -0.15) is 0 Å². The lowest BCUT2D eigenvalue weighted by atomic mass is 9.94. The summed E-state index contributed by atoms with van der Waals surface area (Å²) < 4.78 is 5.15. The van der Waals surface area contributed by atoms with Gasteiger partial charge in [-0.05, 0) is 37.5 Å². The van der Waals surface area contributed by atoms with Crippen LogP contribution in [0.25, 0.3) is 0 Å². The van der Waals surface area contributed by atoms with Gasteiger partial charge in [-0.3, -0.25) is 0 Å². The van der Waals surface area contributed by atoms with Crippen molar-refractivity contribution in [2.75, 3.05) is 20.3 Å². The molecule has 0 aliphatic rings. The molecule has 0 saturated carbocycles. The molecule has 1 N–H and O–H groups in total. The van der Waals surface area contributed by atoms with Crippen molar-refractivity contribution in [3.8, 4) is 0 Å². The first-order chi connectivity index (χ1) is 9.63. The van der Waals surface area contributed by atoms with E-state index in [0.717, 1.165) is 11.6 Å². The Hall–Kier alpha value is -1.23. The van der Waals surface area contributed by atoms with E-state index >= 15 is 0 Å². The van der Waals surface area contributed by atoms with Gasteiger partial charge in [0.1, 0.15) is 5.01 Å². The van der Waals surface area contributed by atoms with Crippen LogP contribution in [0.4, 0.5) is 0 Å². The molecule has 0 spiro atoms. The van der Waals surface area contributed by atoms with Crippen molar-refractivity contribution in [2.24, 2.45) is 0 Å². The average Bonchev–Trinajstić information content (AvgIpc) is 2.89. The quantitative estimate of drug-likeness (QED) is 0.828. The van der Waals surface area contributed by atoms with Gasteiger partial charge in [0.2, 0.25) is 0 Å². The number of hydrogen-bond acceptors (Lipinski definition) is 4. The maximum absolute atomic E-state index is 5.15. The van der Waals surface area contributed by atoms with Crippen LogP contribution in [0, 0.1) is 20.8 Å². The predicted molar refractivity (Wildman–Crippen MR) is 84.5 cm³/mol. The van der Waals surface area contributed by atoms with Crippen LogP contribution in [0.1, 0.15) is 33.3 Å². The molecular formula is C16H22N2OS. The Morgan fingerprint density at radius 3 is 2.50 bits per heavy atom. The lowest BCUT2D eigenvalue weighted by Crippen LogP contribution is -2.27. The maximum atomic E-state index is 5.15. The Morgan fingerprint density at radius 1 is 1.25 bits per heavy atom. The van der Waals surface area contributed by atoms with Gasteiger partial charge in [0.05, 0.1) is 12.6 Å². The summed E-state index contributed by atoms with van der Waals surface area (Å²) in [5.41, 5.74) is 5.26. The molecular weight excluding hydrogens is 268 g/mol. The van der Waals surface area contributed by atoms with Crippen LogP contribution in [0.5, 0.6) is 0 Å². The van der Waals surface area contributed by atoms with E-state index in [1.807, 2.05) is 11.6 Å². The molecule has 0 fully saturated rings. The van der Waals surface area contributed by atoms with Crippen LogP contribution in [0.3, 0.4) is 0 Å². The van der Waals surface area contributed by atoms with Crippen molar-refractivity contribution in [1.82, 2.24) is 10.3 Å². The van der Waals surface area contributed by atoms with E-state index in [1.54, 1.807) is 18.4 Å². The molecule has 2 rings (SSSR count). The molecule has 4 heteroatoms. The first-order valence-corrected chi connectivity index (χ1v) is 7.71. The van der Waals surface area contributed by atoms with Gasteiger partial charge in [-0.25, -0.2) is 4.98 Å². The Bertz CT molecular complexity index is 529. The van der Waals surface area contributed by atoms with Gasteiger partial charge in [0.15, 0.2) is 0 Å².